The Morgan fingerprint density at radius 1 is 1.19 bits per heavy atom. The maximum absolute atomic E-state index is 14.0. The van der Waals surface area contributed by atoms with Crippen LogP contribution in [0.5, 0.6) is 11.6 Å². The molecule has 11 heteroatoms. The van der Waals surface area contributed by atoms with Crippen molar-refractivity contribution in [2.75, 3.05) is 31.6 Å². The van der Waals surface area contributed by atoms with Gasteiger partial charge in [-0.2, -0.15) is 0 Å². The first-order chi connectivity index (χ1) is 19.7. The molecule has 0 saturated carbocycles. The second kappa shape index (κ2) is 14.2. The zero-order valence-corrected chi connectivity index (χ0v) is 26.0. The number of halogens is 1. The van der Waals surface area contributed by atoms with Crippen LogP contribution in [0.15, 0.2) is 30.5 Å². The maximum atomic E-state index is 14.0. The number of benzene rings is 1. The van der Waals surface area contributed by atoms with E-state index in [1.165, 1.54) is 12.0 Å². The molecular formula is C31H42ClN3O7. The number of aliphatic hydroxyl groups excluding tert-OH is 1. The molecule has 2 amide bonds. The Morgan fingerprint density at radius 2 is 1.90 bits per heavy atom. The summed E-state index contributed by atoms with van der Waals surface area (Å²) in [5, 5.41) is 21.4. The number of carbonyl (C=O) groups is 3. The van der Waals surface area contributed by atoms with E-state index >= 15 is 0 Å². The lowest BCUT2D eigenvalue weighted by molar-refractivity contribution is -0.146. The van der Waals surface area contributed by atoms with Gasteiger partial charge in [0.05, 0.1) is 24.8 Å². The first-order valence-corrected chi connectivity index (χ1v) is 14.6. The van der Waals surface area contributed by atoms with Gasteiger partial charge in [0.25, 0.3) is 0 Å². The van der Waals surface area contributed by atoms with Gasteiger partial charge in [-0.15, -0.1) is 0 Å². The molecule has 1 saturated heterocycles. The lowest BCUT2D eigenvalue weighted by Crippen LogP contribution is -2.43. The van der Waals surface area contributed by atoms with Crippen molar-refractivity contribution in [2.24, 2.45) is 11.3 Å². The number of carboxylic acids is 1. The third-order valence-corrected chi connectivity index (χ3v) is 7.11. The van der Waals surface area contributed by atoms with Crippen molar-refractivity contribution in [1.29, 1.82) is 0 Å². The van der Waals surface area contributed by atoms with Crippen LogP contribution in [0.25, 0.3) is 0 Å². The molecule has 2 heterocycles. The van der Waals surface area contributed by atoms with E-state index in [1.54, 1.807) is 35.4 Å². The number of hydrogen-bond donors (Lipinski definition) is 2. The standard InChI is InChI=1S/C31H42ClN3O7/c1-19(2)42-24-16-21(32)15-23(28(38)22-10-7-13-33-29(22)41-6)27(24)35(18-31(3,4)5)26(37)12-11-25(36)34-14-8-9-20(17-34)30(39)40/h7,10,13,15-16,19-20,28,38H,8-9,11-12,14,17-18H2,1-6H3,(H,39,40)/t20-,28+/m0/s1. The van der Waals surface area contributed by atoms with Crippen molar-refractivity contribution in [3.05, 3.63) is 46.6 Å². The zero-order chi connectivity index (χ0) is 31.2. The fourth-order valence-electron chi connectivity index (χ4n) is 5.06. The highest BCUT2D eigenvalue weighted by Crippen LogP contribution is 2.43. The van der Waals surface area contributed by atoms with Crippen LogP contribution >= 0.6 is 11.6 Å². The van der Waals surface area contributed by atoms with Crippen molar-refractivity contribution >= 4 is 35.1 Å². The molecule has 0 spiro atoms. The molecular weight excluding hydrogens is 562 g/mol. The van der Waals surface area contributed by atoms with Crippen LogP contribution < -0.4 is 14.4 Å². The summed E-state index contributed by atoms with van der Waals surface area (Å²) in [6, 6.07) is 6.56. The summed E-state index contributed by atoms with van der Waals surface area (Å²) in [6.45, 7) is 10.5. The molecule has 1 aliphatic heterocycles. The molecule has 0 unspecified atom stereocenters. The van der Waals surface area contributed by atoms with Crippen LogP contribution in [0, 0.1) is 11.3 Å². The summed E-state index contributed by atoms with van der Waals surface area (Å²) in [5.74, 6) is -1.58. The topological polar surface area (TPSA) is 130 Å². The highest BCUT2D eigenvalue weighted by molar-refractivity contribution is 6.31. The van der Waals surface area contributed by atoms with Gasteiger partial charge in [-0.1, -0.05) is 32.4 Å². The fraction of sp³-hybridized carbons (Fsp3) is 0.548. The van der Waals surface area contributed by atoms with Gasteiger partial charge < -0.3 is 29.5 Å². The molecule has 230 valence electrons. The number of carbonyl (C=O) groups excluding carboxylic acids is 2. The Labute approximate surface area is 252 Å². The predicted octanol–water partition coefficient (Wildman–Crippen LogP) is 5.10. The molecule has 3 rings (SSSR count). The van der Waals surface area contributed by atoms with Gasteiger partial charge in [0.2, 0.25) is 17.7 Å². The second-order valence-electron chi connectivity index (χ2n) is 12.1. The van der Waals surface area contributed by atoms with Crippen molar-refractivity contribution in [1.82, 2.24) is 9.88 Å². The van der Waals surface area contributed by atoms with Gasteiger partial charge in [-0.25, -0.2) is 4.98 Å². The first-order valence-electron chi connectivity index (χ1n) is 14.2. The van der Waals surface area contributed by atoms with Gasteiger partial charge >= 0.3 is 5.97 Å². The van der Waals surface area contributed by atoms with E-state index in [4.69, 9.17) is 21.1 Å². The maximum Gasteiger partial charge on any atom is 0.308 e. The number of carboxylic acid groups (broad SMARTS) is 1. The number of hydrogen-bond acceptors (Lipinski definition) is 7. The van der Waals surface area contributed by atoms with E-state index in [2.05, 4.69) is 4.98 Å². The molecule has 0 bridgehead atoms. The number of aliphatic carboxylic acids is 1. The average molecular weight is 604 g/mol. The molecule has 0 radical (unpaired) electrons. The van der Waals surface area contributed by atoms with Crippen molar-refractivity contribution in [3.63, 3.8) is 0 Å². The number of nitrogens with zero attached hydrogens (tertiary/aromatic N) is 3. The largest absolute Gasteiger partial charge is 0.489 e. The van der Waals surface area contributed by atoms with Gasteiger partial charge in [-0.05, 0) is 50.3 Å². The number of methoxy groups -OCH3 is 1. The van der Waals surface area contributed by atoms with Crippen LogP contribution in [0.4, 0.5) is 5.69 Å². The van der Waals surface area contributed by atoms with Crippen LogP contribution in [0.3, 0.4) is 0 Å². The van der Waals surface area contributed by atoms with E-state index in [9.17, 15) is 24.6 Å². The number of anilines is 1. The molecule has 10 nitrogen and oxygen atoms in total. The van der Waals surface area contributed by atoms with Gasteiger partial charge in [-0.3, -0.25) is 14.4 Å². The Kier molecular flexibility index (Phi) is 11.2. The van der Waals surface area contributed by atoms with E-state index in [0.717, 1.165) is 0 Å². The summed E-state index contributed by atoms with van der Waals surface area (Å²) in [6.07, 6.45) is 0.956. The second-order valence-corrected chi connectivity index (χ2v) is 12.5. The van der Waals surface area contributed by atoms with Gasteiger partial charge in [0, 0.05) is 60.9 Å². The highest BCUT2D eigenvalue weighted by atomic mass is 35.5. The predicted molar refractivity (Wildman–Crippen MR) is 160 cm³/mol. The van der Waals surface area contributed by atoms with E-state index < -0.39 is 18.0 Å². The van der Waals surface area contributed by atoms with E-state index in [-0.39, 0.29) is 55.1 Å². The molecule has 42 heavy (non-hydrogen) atoms. The number of amides is 2. The number of aliphatic hydroxyl groups is 1. The summed E-state index contributed by atoms with van der Waals surface area (Å²) in [7, 11) is 1.46. The minimum atomic E-state index is -1.27. The lowest BCUT2D eigenvalue weighted by Gasteiger charge is -2.35. The van der Waals surface area contributed by atoms with E-state index in [0.29, 0.717) is 47.0 Å². The SMILES string of the molecule is COc1ncccc1[C@@H](O)c1cc(Cl)cc(OC(C)C)c1N(CC(C)(C)C)C(=O)CCC(=O)N1CCC[C@H](C(=O)O)C1. The Balaban J connectivity index is 2.04. The summed E-state index contributed by atoms with van der Waals surface area (Å²) < 4.78 is 11.5. The number of ether oxygens (including phenoxy) is 2. The smallest absolute Gasteiger partial charge is 0.308 e. The zero-order valence-electron chi connectivity index (χ0n) is 25.2. The van der Waals surface area contributed by atoms with Gasteiger partial charge in [0.15, 0.2) is 0 Å². The van der Waals surface area contributed by atoms with Crippen molar-refractivity contribution < 1.29 is 34.1 Å². The summed E-state index contributed by atoms with van der Waals surface area (Å²) in [5.41, 5.74) is 0.691. The first kappa shape index (κ1) is 33.1. The molecule has 2 N–H and O–H groups in total. The van der Waals surface area contributed by atoms with Crippen LogP contribution in [0.1, 0.15) is 77.5 Å². The number of pyridine rings is 1. The number of rotatable bonds is 11. The number of likely N-dealkylation sites (tertiary alicyclic amines) is 1. The monoisotopic (exact) mass is 603 g/mol. The Bertz CT molecular complexity index is 1280. The molecule has 1 aromatic heterocycles. The molecule has 1 fully saturated rings. The highest BCUT2D eigenvalue weighted by Gasteiger charge is 2.33. The Hall–Kier alpha value is -3.37. The normalized spacial score (nSPS) is 16.2. The molecule has 1 aliphatic rings. The van der Waals surface area contributed by atoms with Crippen LogP contribution in [0.2, 0.25) is 5.02 Å². The molecule has 0 aliphatic carbocycles. The van der Waals surface area contributed by atoms with Crippen LogP contribution in [-0.4, -0.2) is 70.7 Å². The van der Waals surface area contributed by atoms with Crippen LogP contribution in [-0.2, 0) is 14.4 Å². The lowest BCUT2D eigenvalue weighted by atomic mass is 9.93. The summed E-state index contributed by atoms with van der Waals surface area (Å²) in [4.78, 5) is 45.8. The number of aromatic nitrogens is 1. The van der Waals surface area contributed by atoms with Crippen molar-refractivity contribution in [2.45, 2.75) is 72.5 Å². The third-order valence-electron chi connectivity index (χ3n) is 6.89. The minimum absolute atomic E-state index is 0.0753. The van der Waals surface area contributed by atoms with Gasteiger partial charge in [0.1, 0.15) is 11.9 Å². The third kappa shape index (κ3) is 8.58. The molecule has 2 aromatic rings. The summed E-state index contributed by atoms with van der Waals surface area (Å²) >= 11 is 6.52. The van der Waals surface area contributed by atoms with Crippen molar-refractivity contribution in [3.8, 4) is 11.6 Å². The van der Waals surface area contributed by atoms with E-state index in [1.807, 2.05) is 34.6 Å². The fourth-order valence-corrected chi connectivity index (χ4v) is 5.28. The quantitative estimate of drug-likeness (QED) is 0.363. The molecule has 2 atom stereocenters. The average Bonchev–Trinajstić information content (AvgIpc) is 2.93. The Morgan fingerprint density at radius 3 is 2.52 bits per heavy atom. The minimum Gasteiger partial charge on any atom is -0.489 e. The molecule has 1 aromatic carbocycles. The number of piperidine rings is 1.